The Balaban J connectivity index is 2.92. The lowest BCUT2D eigenvalue weighted by atomic mass is 10.1. The third-order valence-electron chi connectivity index (χ3n) is 1.40. The van der Waals surface area contributed by atoms with Gasteiger partial charge >= 0.3 is 5.97 Å². The number of hydrazone groups is 1. The predicted octanol–water partition coefficient (Wildman–Crippen LogP) is 0.698. The third-order valence-corrected chi connectivity index (χ3v) is 1.40. The van der Waals surface area contributed by atoms with E-state index in [1.54, 1.807) is 17.7 Å². The largest absolute Gasteiger partial charge is 0.478 e. The van der Waals surface area contributed by atoms with Crippen LogP contribution < -0.4 is 5.59 Å². The van der Waals surface area contributed by atoms with Gasteiger partial charge in [0.25, 0.3) is 0 Å². The Bertz CT molecular complexity index is 336. The second kappa shape index (κ2) is 4.22. The third kappa shape index (κ3) is 2.57. The molecule has 1 aromatic rings. The zero-order chi connectivity index (χ0) is 9.68. The van der Waals surface area contributed by atoms with Crippen LogP contribution in [0.2, 0.25) is 0 Å². The molecule has 5 nitrogen and oxygen atoms in total. The van der Waals surface area contributed by atoms with E-state index < -0.39 is 5.97 Å². The molecule has 0 radical (unpaired) electrons. The second-order valence-corrected chi connectivity index (χ2v) is 2.29. The van der Waals surface area contributed by atoms with E-state index >= 15 is 0 Å². The van der Waals surface area contributed by atoms with Gasteiger partial charge < -0.3 is 5.11 Å². The van der Waals surface area contributed by atoms with Crippen molar-refractivity contribution >= 4 is 12.2 Å². The van der Waals surface area contributed by atoms with Crippen molar-refractivity contribution in [2.45, 2.75) is 0 Å². The first-order chi connectivity index (χ1) is 6.24. The van der Waals surface area contributed by atoms with Gasteiger partial charge in [-0.25, -0.2) is 4.79 Å². The molecule has 0 saturated heterocycles. The Morgan fingerprint density at radius 1 is 1.54 bits per heavy atom. The van der Waals surface area contributed by atoms with Gasteiger partial charge in [-0.1, -0.05) is 12.1 Å². The van der Waals surface area contributed by atoms with Crippen LogP contribution in [-0.2, 0) is 0 Å². The maximum Gasteiger partial charge on any atom is 0.335 e. The van der Waals surface area contributed by atoms with Crippen molar-refractivity contribution in [2.75, 3.05) is 0 Å². The van der Waals surface area contributed by atoms with E-state index in [1.165, 1.54) is 18.3 Å². The van der Waals surface area contributed by atoms with Crippen molar-refractivity contribution in [3.63, 3.8) is 0 Å². The number of carbonyl (C=O) groups is 1. The molecule has 0 spiro atoms. The van der Waals surface area contributed by atoms with Crippen LogP contribution in [0.25, 0.3) is 0 Å². The molecule has 0 heterocycles. The lowest BCUT2D eigenvalue weighted by Crippen LogP contribution is -1.99. The number of hydrogen-bond donors (Lipinski definition) is 3. The normalized spacial score (nSPS) is 10.2. The second-order valence-electron chi connectivity index (χ2n) is 2.29. The van der Waals surface area contributed by atoms with Crippen molar-refractivity contribution < 1.29 is 15.1 Å². The molecule has 0 unspecified atom stereocenters. The van der Waals surface area contributed by atoms with Crippen LogP contribution in [0.5, 0.6) is 0 Å². The molecule has 0 aliphatic rings. The first-order valence-electron chi connectivity index (χ1n) is 3.49. The number of nitrogens with one attached hydrogen (secondary N) is 1. The SMILES string of the molecule is O=C(O)c1cccc(/C=N/NO)c1. The molecule has 68 valence electrons. The number of carboxylic acids is 1. The molecule has 0 fully saturated rings. The van der Waals surface area contributed by atoms with Gasteiger partial charge in [-0.3, -0.25) is 5.21 Å². The summed E-state index contributed by atoms with van der Waals surface area (Å²) in [7, 11) is 0. The van der Waals surface area contributed by atoms with E-state index in [-0.39, 0.29) is 5.56 Å². The predicted molar refractivity (Wildman–Crippen MR) is 45.9 cm³/mol. The maximum atomic E-state index is 10.5. The monoisotopic (exact) mass is 180 g/mol. The molecule has 0 atom stereocenters. The van der Waals surface area contributed by atoms with E-state index in [0.29, 0.717) is 5.56 Å². The maximum absolute atomic E-state index is 10.5. The van der Waals surface area contributed by atoms with Gasteiger partial charge in [0, 0.05) is 0 Å². The van der Waals surface area contributed by atoms with E-state index in [9.17, 15) is 4.79 Å². The zero-order valence-corrected chi connectivity index (χ0v) is 6.64. The molecule has 0 bridgehead atoms. The van der Waals surface area contributed by atoms with Crippen molar-refractivity contribution in [3.05, 3.63) is 35.4 Å². The average Bonchev–Trinajstić information content (AvgIpc) is 2.15. The van der Waals surface area contributed by atoms with Crippen LogP contribution in [-0.4, -0.2) is 22.5 Å². The van der Waals surface area contributed by atoms with Gasteiger partial charge in [0.05, 0.1) is 11.8 Å². The lowest BCUT2D eigenvalue weighted by molar-refractivity contribution is 0.0697. The number of carboxylic acid groups (broad SMARTS) is 1. The Labute approximate surface area is 74.3 Å². The highest BCUT2D eigenvalue weighted by Crippen LogP contribution is 2.02. The van der Waals surface area contributed by atoms with E-state index in [0.717, 1.165) is 0 Å². The molecule has 1 aromatic carbocycles. The van der Waals surface area contributed by atoms with Gasteiger partial charge in [-0.15, -0.1) is 0 Å². The average molecular weight is 180 g/mol. The zero-order valence-electron chi connectivity index (χ0n) is 6.64. The fraction of sp³-hybridized carbons (Fsp3) is 0. The fourth-order valence-corrected chi connectivity index (χ4v) is 0.855. The molecular formula is C8H8N2O3. The van der Waals surface area contributed by atoms with Crippen LogP contribution in [0.3, 0.4) is 0 Å². The van der Waals surface area contributed by atoms with Gasteiger partial charge in [0.1, 0.15) is 0 Å². The van der Waals surface area contributed by atoms with E-state index in [2.05, 4.69) is 5.10 Å². The summed E-state index contributed by atoms with van der Waals surface area (Å²) < 4.78 is 0. The summed E-state index contributed by atoms with van der Waals surface area (Å²) in [6.07, 6.45) is 1.31. The van der Waals surface area contributed by atoms with Crippen LogP contribution in [0, 0.1) is 0 Å². The summed E-state index contributed by atoms with van der Waals surface area (Å²) in [5, 5.41) is 20.1. The summed E-state index contributed by atoms with van der Waals surface area (Å²) in [4.78, 5) is 10.5. The highest BCUT2D eigenvalue weighted by Gasteiger charge is 2.00. The first-order valence-corrected chi connectivity index (χ1v) is 3.49. The minimum atomic E-state index is -0.993. The van der Waals surface area contributed by atoms with Crippen molar-refractivity contribution in [2.24, 2.45) is 5.10 Å². The van der Waals surface area contributed by atoms with Crippen LogP contribution in [0.4, 0.5) is 0 Å². The first kappa shape index (κ1) is 9.21. The topological polar surface area (TPSA) is 81.9 Å². The molecule has 0 aromatic heterocycles. The molecule has 0 saturated carbocycles. The number of aromatic carboxylic acids is 1. The van der Waals surface area contributed by atoms with Crippen molar-refractivity contribution in [1.29, 1.82) is 0 Å². The quantitative estimate of drug-likeness (QED) is 0.472. The number of hydrogen-bond acceptors (Lipinski definition) is 4. The minimum Gasteiger partial charge on any atom is -0.478 e. The van der Waals surface area contributed by atoms with Gasteiger partial charge in [0.15, 0.2) is 0 Å². The molecule has 0 aliphatic carbocycles. The smallest absolute Gasteiger partial charge is 0.335 e. The highest BCUT2D eigenvalue weighted by atomic mass is 16.5. The Hall–Kier alpha value is -1.88. The summed E-state index contributed by atoms with van der Waals surface area (Å²) in [5.74, 6) is -0.993. The molecule has 13 heavy (non-hydrogen) atoms. The van der Waals surface area contributed by atoms with E-state index in [4.69, 9.17) is 10.3 Å². The molecule has 3 N–H and O–H groups in total. The molecule has 1 rings (SSSR count). The van der Waals surface area contributed by atoms with Gasteiger partial charge in [0.2, 0.25) is 0 Å². The minimum absolute atomic E-state index is 0.182. The van der Waals surface area contributed by atoms with Crippen LogP contribution in [0.1, 0.15) is 15.9 Å². The summed E-state index contributed by atoms with van der Waals surface area (Å²) >= 11 is 0. The Morgan fingerprint density at radius 3 is 2.92 bits per heavy atom. The van der Waals surface area contributed by atoms with Crippen LogP contribution >= 0.6 is 0 Å². The molecule has 5 heteroatoms. The lowest BCUT2D eigenvalue weighted by Gasteiger charge is -1.95. The number of benzene rings is 1. The van der Waals surface area contributed by atoms with Crippen LogP contribution in [0.15, 0.2) is 29.4 Å². The fourth-order valence-electron chi connectivity index (χ4n) is 0.855. The molecular weight excluding hydrogens is 172 g/mol. The summed E-state index contributed by atoms with van der Waals surface area (Å²) in [6.45, 7) is 0. The van der Waals surface area contributed by atoms with Gasteiger partial charge in [-0.05, 0) is 17.7 Å². The summed E-state index contributed by atoms with van der Waals surface area (Å²) in [5.41, 5.74) is 2.37. The highest BCUT2D eigenvalue weighted by molar-refractivity contribution is 5.90. The Kier molecular flexibility index (Phi) is 2.99. The number of nitrogens with zero attached hydrogens (tertiary/aromatic N) is 1. The van der Waals surface area contributed by atoms with Crippen molar-refractivity contribution in [3.8, 4) is 0 Å². The van der Waals surface area contributed by atoms with E-state index in [1.807, 2.05) is 0 Å². The van der Waals surface area contributed by atoms with Gasteiger partial charge in [-0.2, -0.15) is 10.7 Å². The molecule has 0 aliphatic heterocycles. The van der Waals surface area contributed by atoms with Crippen molar-refractivity contribution in [1.82, 2.24) is 5.59 Å². The molecule has 0 amide bonds. The number of rotatable bonds is 3. The summed E-state index contributed by atoms with van der Waals surface area (Å²) in [6, 6.07) is 6.20. The standard InChI is InChI=1S/C8H8N2O3/c11-8(12)7-3-1-2-6(4-7)5-9-10-13/h1-5,10,13H,(H,11,12)/b9-5+. The Morgan fingerprint density at radius 2 is 2.31 bits per heavy atom.